The molecule has 1 aliphatic carbocycles. The van der Waals surface area contributed by atoms with E-state index in [1.807, 2.05) is 25.1 Å². The third-order valence-corrected chi connectivity index (χ3v) is 7.62. The molecule has 2 aliphatic rings. The first-order valence-corrected chi connectivity index (χ1v) is 13.0. The number of benzene rings is 1. The van der Waals surface area contributed by atoms with Crippen LogP contribution in [0.4, 0.5) is 0 Å². The Bertz CT molecular complexity index is 954. The fourth-order valence-electron chi connectivity index (χ4n) is 4.61. The lowest BCUT2D eigenvalue weighted by molar-refractivity contribution is -0.119. The molecule has 8 nitrogen and oxygen atoms in total. The number of thioether (sulfide) groups is 1. The molecule has 2 heterocycles. The number of nitrogens with zero attached hydrogens (tertiary/aromatic N) is 3. The van der Waals surface area contributed by atoms with E-state index in [1.54, 1.807) is 0 Å². The van der Waals surface area contributed by atoms with E-state index in [-0.39, 0.29) is 24.0 Å². The summed E-state index contributed by atoms with van der Waals surface area (Å²) in [4.78, 5) is 12.7. The Kier molecular flexibility index (Phi) is 8.16. The van der Waals surface area contributed by atoms with Crippen LogP contribution in [0.3, 0.4) is 0 Å². The second-order valence-corrected chi connectivity index (χ2v) is 10.4. The largest absolute Gasteiger partial charge is 0.485 e. The first-order chi connectivity index (χ1) is 15.9. The lowest BCUT2D eigenvalue weighted by atomic mass is 9.95. The van der Waals surface area contributed by atoms with E-state index in [1.165, 1.54) is 31.0 Å². The van der Waals surface area contributed by atoms with Crippen molar-refractivity contribution in [3.05, 3.63) is 34.6 Å². The third kappa shape index (κ3) is 6.01. The van der Waals surface area contributed by atoms with E-state index in [2.05, 4.69) is 44.8 Å². The number of carbonyl (C=O) groups excluding carboxylic acids is 1. The summed E-state index contributed by atoms with van der Waals surface area (Å²) >= 11 is 7.52. The summed E-state index contributed by atoms with van der Waals surface area (Å²) in [6, 6.07) is 6.36. The predicted molar refractivity (Wildman–Crippen MR) is 131 cm³/mol. The van der Waals surface area contributed by atoms with Crippen LogP contribution in [0.2, 0.25) is 5.02 Å². The molecule has 1 aromatic carbocycles. The first-order valence-electron chi connectivity index (χ1n) is 11.7. The van der Waals surface area contributed by atoms with Crippen LogP contribution in [0.15, 0.2) is 23.4 Å². The number of halogens is 1. The van der Waals surface area contributed by atoms with Gasteiger partial charge in [0.25, 0.3) is 0 Å². The molecule has 0 radical (unpaired) electrons. The quantitative estimate of drug-likeness (QED) is 0.483. The Morgan fingerprint density at radius 2 is 1.94 bits per heavy atom. The average molecular weight is 493 g/mol. The molecule has 1 saturated heterocycles. The molecule has 180 valence electrons. The molecule has 1 saturated carbocycles. The van der Waals surface area contributed by atoms with Gasteiger partial charge in [-0.15, -0.1) is 10.2 Å². The van der Waals surface area contributed by atoms with Gasteiger partial charge < -0.3 is 10.1 Å². The second-order valence-electron chi connectivity index (χ2n) is 9.01. The number of aryl methyl sites for hydroxylation is 1. The van der Waals surface area contributed by atoms with Crippen LogP contribution in [0.5, 0.6) is 5.75 Å². The van der Waals surface area contributed by atoms with Crippen molar-refractivity contribution in [2.45, 2.75) is 88.8 Å². The van der Waals surface area contributed by atoms with Crippen molar-refractivity contribution in [3.63, 3.8) is 0 Å². The molecule has 4 rings (SSSR count). The average Bonchev–Trinajstić information content (AvgIpc) is 3.35. The zero-order valence-electron chi connectivity index (χ0n) is 19.4. The molecule has 33 heavy (non-hydrogen) atoms. The Morgan fingerprint density at radius 3 is 2.64 bits per heavy atom. The van der Waals surface area contributed by atoms with Crippen molar-refractivity contribution in [1.29, 1.82) is 0 Å². The highest BCUT2D eigenvalue weighted by molar-refractivity contribution is 7.99. The van der Waals surface area contributed by atoms with Crippen molar-refractivity contribution in [2.75, 3.05) is 5.75 Å². The smallest absolute Gasteiger partial charge is 0.230 e. The van der Waals surface area contributed by atoms with Crippen molar-refractivity contribution in [2.24, 2.45) is 0 Å². The Morgan fingerprint density at radius 1 is 1.21 bits per heavy atom. The van der Waals surface area contributed by atoms with Crippen LogP contribution in [-0.4, -0.2) is 44.6 Å². The van der Waals surface area contributed by atoms with Gasteiger partial charge in [0.2, 0.25) is 5.91 Å². The van der Waals surface area contributed by atoms with Gasteiger partial charge in [0.1, 0.15) is 12.4 Å². The van der Waals surface area contributed by atoms with E-state index in [0.29, 0.717) is 23.4 Å². The molecular weight excluding hydrogens is 460 g/mol. The Labute approximate surface area is 204 Å². The highest BCUT2D eigenvalue weighted by Crippen LogP contribution is 2.33. The van der Waals surface area contributed by atoms with E-state index >= 15 is 0 Å². The maximum absolute atomic E-state index is 12.7. The summed E-state index contributed by atoms with van der Waals surface area (Å²) in [6.45, 7) is 6.42. The number of hydrazine groups is 1. The lowest BCUT2D eigenvalue weighted by Crippen LogP contribution is -2.47. The maximum Gasteiger partial charge on any atom is 0.230 e. The van der Waals surface area contributed by atoms with Crippen LogP contribution >= 0.6 is 23.4 Å². The number of carbonyl (C=O) groups is 1. The summed E-state index contributed by atoms with van der Waals surface area (Å²) in [5, 5.41) is 13.5. The van der Waals surface area contributed by atoms with E-state index in [0.717, 1.165) is 35.1 Å². The molecule has 0 bridgehead atoms. The fourth-order valence-corrected chi connectivity index (χ4v) is 5.67. The summed E-state index contributed by atoms with van der Waals surface area (Å²) in [7, 11) is 0. The molecule has 1 aliphatic heterocycles. The van der Waals surface area contributed by atoms with Gasteiger partial charge >= 0.3 is 0 Å². The number of ether oxygens (including phenoxy) is 1. The summed E-state index contributed by atoms with van der Waals surface area (Å²) in [5.74, 6) is 1.89. The van der Waals surface area contributed by atoms with Crippen LogP contribution < -0.4 is 20.9 Å². The van der Waals surface area contributed by atoms with Gasteiger partial charge in [-0.2, -0.15) is 0 Å². The molecule has 0 spiro atoms. The molecular formula is C23H33ClN6O2S. The Balaban J connectivity index is 1.44. The van der Waals surface area contributed by atoms with Gasteiger partial charge in [-0.3, -0.25) is 20.2 Å². The first kappa shape index (κ1) is 24.3. The highest BCUT2D eigenvalue weighted by Gasteiger charge is 2.31. The van der Waals surface area contributed by atoms with Crippen LogP contribution in [0, 0.1) is 6.92 Å². The highest BCUT2D eigenvalue weighted by atomic mass is 35.5. The van der Waals surface area contributed by atoms with Gasteiger partial charge in [0, 0.05) is 23.1 Å². The molecule has 1 aromatic heterocycles. The standard InChI is InChI=1S/C23H33ClN6O2S/c1-14-11-17(24)9-10-19(14)32-12-20-28-29-23(30(20)18-7-5-4-6-8-18)33-13-21(31)25-22-15(2)26-27-16(22)3/h9-11,15-16,18,22,26-27H,4-8,12-13H2,1-3H3,(H,25,31). The molecule has 2 fully saturated rings. The normalized spacial score (nSPS) is 23.6. The molecule has 1 amide bonds. The zero-order valence-corrected chi connectivity index (χ0v) is 21.0. The number of aromatic nitrogens is 3. The third-order valence-electron chi connectivity index (χ3n) is 6.44. The van der Waals surface area contributed by atoms with Crippen molar-refractivity contribution in [1.82, 2.24) is 30.9 Å². The number of hydrogen-bond acceptors (Lipinski definition) is 7. The van der Waals surface area contributed by atoms with E-state index < -0.39 is 0 Å². The monoisotopic (exact) mass is 492 g/mol. The second kappa shape index (κ2) is 11.1. The minimum Gasteiger partial charge on any atom is -0.485 e. The molecule has 2 atom stereocenters. The topological polar surface area (TPSA) is 93.1 Å². The molecule has 3 N–H and O–H groups in total. The number of rotatable bonds is 8. The number of hydrogen-bond donors (Lipinski definition) is 3. The van der Waals surface area contributed by atoms with Crippen LogP contribution in [0.1, 0.15) is 63.4 Å². The lowest BCUT2D eigenvalue weighted by Gasteiger charge is -2.25. The van der Waals surface area contributed by atoms with E-state index in [9.17, 15) is 4.79 Å². The van der Waals surface area contributed by atoms with Gasteiger partial charge in [0.05, 0.1) is 11.8 Å². The molecule has 2 unspecified atom stereocenters. The van der Waals surface area contributed by atoms with Crippen molar-refractivity contribution >= 4 is 29.3 Å². The minimum absolute atomic E-state index is 0.00184. The Hall–Kier alpha value is -1.81. The zero-order chi connectivity index (χ0) is 23.4. The molecule has 2 aromatic rings. The van der Waals surface area contributed by atoms with Crippen LogP contribution in [0.25, 0.3) is 0 Å². The van der Waals surface area contributed by atoms with Crippen LogP contribution in [-0.2, 0) is 11.4 Å². The number of nitrogens with one attached hydrogen (secondary N) is 3. The summed E-state index contributed by atoms with van der Waals surface area (Å²) in [6.07, 6.45) is 5.85. The predicted octanol–water partition coefficient (Wildman–Crippen LogP) is 3.79. The van der Waals surface area contributed by atoms with Gasteiger partial charge in [-0.05, 0) is 57.4 Å². The summed E-state index contributed by atoms with van der Waals surface area (Å²) < 4.78 is 8.28. The van der Waals surface area contributed by atoms with Gasteiger partial charge in [0.15, 0.2) is 11.0 Å². The van der Waals surface area contributed by atoms with Gasteiger partial charge in [-0.25, -0.2) is 0 Å². The SMILES string of the molecule is Cc1cc(Cl)ccc1OCc1nnc(SCC(=O)NC2C(C)NNC2C)n1C1CCCCC1. The molecule has 10 heteroatoms. The maximum atomic E-state index is 12.7. The minimum atomic E-state index is 0.00184. The van der Waals surface area contributed by atoms with Crippen molar-refractivity contribution < 1.29 is 9.53 Å². The fraction of sp³-hybridized carbons (Fsp3) is 0.609. The summed E-state index contributed by atoms with van der Waals surface area (Å²) in [5.41, 5.74) is 7.32. The van der Waals surface area contributed by atoms with E-state index in [4.69, 9.17) is 16.3 Å². The number of amides is 1. The van der Waals surface area contributed by atoms with Crippen molar-refractivity contribution in [3.8, 4) is 5.75 Å². The van der Waals surface area contributed by atoms with Gasteiger partial charge in [-0.1, -0.05) is 42.6 Å².